The lowest BCUT2D eigenvalue weighted by atomic mass is 10.2. The summed E-state index contributed by atoms with van der Waals surface area (Å²) in [4.78, 5) is 2.47. The van der Waals surface area contributed by atoms with E-state index in [0.717, 1.165) is 39.3 Å². The van der Waals surface area contributed by atoms with Crippen LogP contribution in [0.4, 0.5) is 0 Å². The maximum atomic E-state index is 5.14. The van der Waals surface area contributed by atoms with Crippen molar-refractivity contribution in [2.75, 3.05) is 54.1 Å². The van der Waals surface area contributed by atoms with Crippen LogP contribution in [0.1, 0.15) is 19.8 Å². The molecule has 0 rings (SSSR count). The van der Waals surface area contributed by atoms with E-state index < -0.39 is 0 Å². The Morgan fingerprint density at radius 3 is 2.38 bits per heavy atom. The fourth-order valence-corrected chi connectivity index (χ4v) is 1.71. The SMILES string of the molecule is CNCCC(C)N(CCCOC)CCOC. The molecule has 0 heterocycles. The minimum Gasteiger partial charge on any atom is -0.385 e. The van der Waals surface area contributed by atoms with Gasteiger partial charge in [0.05, 0.1) is 6.61 Å². The van der Waals surface area contributed by atoms with Gasteiger partial charge < -0.3 is 14.8 Å². The molecule has 0 spiro atoms. The molecule has 0 aromatic rings. The lowest BCUT2D eigenvalue weighted by Gasteiger charge is -2.28. The molecule has 4 nitrogen and oxygen atoms in total. The lowest BCUT2D eigenvalue weighted by molar-refractivity contribution is 0.108. The molecule has 4 heteroatoms. The van der Waals surface area contributed by atoms with Crippen LogP contribution in [0.2, 0.25) is 0 Å². The quantitative estimate of drug-likeness (QED) is 0.538. The van der Waals surface area contributed by atoms with E-state index in [9.17, 15) is 0 Å². The van der Waals surface area contributed by atoms with Crippen molar-refractivity contribution in [3.8, 4) is 0 Å². The fourth-order valence-electron chi connectivity index (χ4n) is 1.71. The van der Waals surface area contributed by atoms with Gasteiger partial charge in [0, 0.05) is 40.0 Å². The highest BCUT2D eigenvalue weighted by Gasteiger charge is 2.12. The van der Waals surface area contributed by atoms with Crippen molar-refractivity contribution in [3.05, 3.63) is 0 Å². The average Bonchev–Trinajstić information content (AvgIpc) is 2.30. The first-order chi connectivity index (χ1) is 7.76. The zero-order valence-electron chi connectivity index (χ0n) is 11.3. The highest BCUT2D eigenvalue weighted by atomic mass is 16.5. The Morgan fingerprint density at radius 1 is 1.12 bits per heavy atom. The highest BCUT2D eigenvalue weighted by molar-refractivity contribution is 4.68. The highest BCUT2D eigenvalue weighted by Crippen LogP contribution is 2.04. The number of hydrogen-bond acceptors (Lipinski definition) is 4. The van der Waals surface area contributed by atoms with E-state index in [0.29, 0.717) is 6.04 Å². The molecule has 1 atom stereocenters. The third-order valence-electron chi connectivity index (χ3n) is 2.81. The summed E-state index contributed by atoms with van der Waals surface area (Å²) in [5.41, 5.74) is 0. The number of rotatable bonds is 11. The second kappa shape index (κ2) is 11.3. The van der Waals surface area contributed by atoms with Gasteiger partial charge in [0.25, 0.3) is 0 Å². The van der Waals surface area contributed by atoms with E-state index in [1.165, 1.54) is 6.42 Å². The van der Waals surface area contributed by atoms with Gasteiger partial charge >= 0.3 is 0 Å². The van der Waals surface area contributed by atoms with Gasteiger partial charge in [-0.15, -0.1) is 0 Å². The van der Waals surface area contributed by atoms with Crippen molar-refractivity contribution < 1.29 is 9.47 Å². The van der Waals surface area contributed by atoms with Crippen LogP contribution in [0.3, 0.4) is 0 Å². The summed E-state index contributed by atoms with van der Waals surface area (Å²) >= 11 is 0. The van der Waals surface area contributed by atoms with E-state index in [1.807, 2.05) is 7.05 Å². The van der Waals surface area contributed by atoms with E-state index in [1.54, 1.807) is 14.2 Å². The van der Waals surface area contributed by atoms with Crippen LogP contribution in [-0.4, -0.2) is 65.1 Å². The minimum absolute atomic E-state index is 0.597. The molecule has 0 aliphatic heterocycles. The summed E-state index contributed by atoms with van der Waals surface area (Å²) in [5.74, 6) is 0. The molecule has 0 saturated carbocycles. The summed E-state index contributed by atoms with van der Waals surface area (Å²) in [6.45, 7) is 7.07. The maximum Gasteiger partial charge on any atom is 0.0589 e. The van der Waals surface area contributed by atoms with Gasteiger partial charge in [0.15, 0.2) is 0 Å². The molecule has 0 fully saturated rings. The molecule has 0 aliphatic carbocycles. The molecule has 0 aromatic heterocycles. The van der Waals surface area contributed by atoms with Crippen molar-refractivity contribution in [1.82, 2.24) is 10.2 Å². The molecule has 0 bridgehead atoms. The van der Waals surface area contributed by atoms with Crippen molar-refractivity contribution in [1.29, 1.82) is 0 Å². The maximum absolute atomic E-state index is 5.14. The van der Waals surface area contributed by atoms with E-state index >= 15 is 0 Å². The molecule has 16 heavy (non-hydrogen) atoms. The first-order valence-corrected chi connectivity index (χ1v) is 6.12. The molecular weight excluding hydrogens is 204 g/mol. The largest absolute Gasteiger partial charge is 0.385 e. The summed E-state index contributed by atoms with van der Waals surface area (Å²) in [7, 11) is 5.51. The van der Waals surface area contributed by atoms with Gasteiger partial charge in [-0.2, -0.15) is 0 Å². The molecule has 1 unspecified atom stereocenters. The van der Waals surface area contributed by atoms with Crippen LogP contribution in [0.5, 0.6) is 0 Å². The Balaban J connectivity index is 3.86. The van der Waals surface area contributed by atoms with E-state index in [4.69, 9.17) is 9.47 Å². The number of nitrogens with one attached hydrogen (secondary N) is 1. The Morgan fingerprint density at radius 2 is 1.81 bits per heavy atom. The third kappa shape index (κ3) is 8.05. The number of hydrogen-bond donors (Lipinski definition) is 1. The third-order valence-corrected chi connectivity index (χ3v) is 2.81. The van der Waals surface area contributed by atoms with Crippen LogP contribution in [0.15, 0.2) is 0 Å². The predicted molar refractivity (Wildman–Crippen MR) is 67.9 cm³/mol. The Hall–Kier alpha value is -0.160. The van der Waals surface area contributed by atoms with Crippen LogP contribution in [0.25, 0.3) is 0 Å². The van der Waals surface area contributed by atoms with Crippen molar-refractivity contribution in [2.45, 2.75) is 25.8 Å². The minimum atomic E-state index is 0.597. The molecule has 98 valence electrons. The smallest absolute Gasteiger partial charge is 0.0589 e. The molecule has 1 N–H and O–H groups in total. The van der Waals surface area contributed by atoms with E-state index in [-0.39, 0.29) is 0 Å². The normalized spacial score (nSPS) is 13.3. The first-order valence-electron chi connectivity index (χ1n) is 6.12. The van der Waals surface area contributed by atoms with Crippen molar-refractivity contribution in [3.63, 3.8) is 0 Å². The zero-order chi connectivity index (χ0) is 12.2. The van der Waals surface area contributed by atoms with Crippen LogP contribution in [-0.2, 0) is 9.47 Å². The number of methoxy groups -OCH3 is 2. The second-order valence-electron chi connectivity index (χ2n) is 4.12. The van der Waals surface area contributed by atoms with Crippen LogP contribution >= 0.6 is 0 Å². The summed E-state index contributed by atoms with van der Waals surface area (Å²) < 4.78 is 10.2. The Bertz CT molecular complexity index is 145. The summed E-state index contributed by atoms with van der Waals surface area (Å²) in [6.07, 6.45) is 2.26. The van der Waals surface area contributed by atoms with Gasteiger partial charge in [-0.05, 0) is 33.4 Å². The van der Waals surface area contributed by atoms with Crippen molar-refractivity contribution >= 4 is 0 Å². The van der Waals surface area contributed by atoms with Crippen molar-refractivity contribution in [2.24, 2.45) is 0 Å². The van der Waals surface area contributed by atoms with Gasteiger partial charge in [0.1, 0.15) is 0 Å². The Labute approximate surface area is 100 Å². The van der Waals surface area contributed by atoms with Crippen LogP contribution in [0, 0.1) is 0 Å². The molecular formula is C12H28N2O2. The van der Waals surface area contributed by atoms with Gasteiger partial charge in [-0.25, -0.2) is 0 Å². The zero-order valence-corrected chi connectivity index (χ0v) is 11.3. The monoisotopic (exact) mass is 232 g/mol. The van der Waals surface area contributed by atoms with E-state index in [2.05, 4.69) is 17.1 Å². The summed E-state index contributed by atoms with van der Waals surface area (Å²) in [6, 6.07) is 0.597. The fraction of sp³-hybridized carbons (Fsp3) is 1.00. The second-order valence-corrected chi connectivity index (χ2v) is 4.12. The standard InChI is InChI=1S/C12H28N2O2/c1-12(6-7-13-2)14(9-11-16-4)8-5-10-15-3/h12-13H,5-11H2,1-4H3. The van der Waals surface area contributed by atoms with Crippen LogP contribution < -0.4 is 5.32 Å². The first kappa shape index (κ1) is 15.8. The predicted octanol–water partition coefficient (Wildman–Crippen LogP) is 0.969. The number of nitrogens with zero attached hydrogens (tertiary/aromatic N) is 1. The van der Waals surface area contributed by atoms with Gasteiger partial charge in [-0.3, -0.25) is 4.90 Å². The lowest BCUT2D eigenvalue weighted by Crippen LogP contribution is -2.38. The Kier molecular flexibility index (Phi) is 11.2. The topological polar surface area (TPSA) is 33.7 Å². The molecule has 0 aromatic carbocycles. The molecule has 0 saturated heterocycles. The number of ether oxygens (including phenoxy) is 2. The van der Waals surface area contributed by atoms with Gasteiger partial charge in [0.2, 0.25) is 0 Å². The average molecular weight is 232 g/mol. The molecule has 0 amide bonds. The summed E-state index contributed by atoms with van der Waals surface area (Å²) in [5, 5.41) is 3.19. The molecule has 0 aliphatic rings. The van der Waals surface area contributed by atoms with Gasteiger partial charge in [-0.1, -0.05) is 0 Å². The molecule has 0 radical (unpaired) electrons.